The lowest BCUT2D eigenvalue weighted by Crippen LogP contribution is -2.07. The summed E-state index contributed by atoms with van der Waals surface area (Å²) in [5.41, 5.74) is 1.01. The average Bonchev–Trinajstić information content (AvgIpc) is 3.19. The molecule has 130 valence electrons. The maximum Gasteiger partial charge on any atom is 0.372 e. The summed E-state index contributed by atoms with van der Waals surface area (Å²) in [6.07, 6.45) is 1.60. The number of nitrogens with zero attached hydrogens (tertiary/aromatic N) is 3. The first-order valence-electron chi connectivity index (χ1n) is 7.14. The minimum Gasteiger partial charge on any atom is -0.496 e. The zero-order chi connectivity index (χ0) is 18.0. The maximum absolute atomic E-state index is 11.8. The van der Waals surface area contributed by atoms with Gasteiger partial charge in [-0.05, 0) is 22.6 Å². The summed E-state index contributed by atoms with van der Waals surface area (Å²) in [5, 5.41) is 16.0. The number of carbonyl (C=O) groups excluding carboxylic acids is 1. The van der Waals surface area contributed by atoms with E-state index < -0.39 is 10.9 Å². The lowest BCUT2D eigenvalue weighted by atomic mass is 10.1. The van der Waals surface area contributed by atoms with Crippen LogP contribution in [0, 0.1) is 10.1 Å². The van der Waals surface area contributed by atoms with E-state index in [0.717, 1.165) is 5.56 Å². The number of nitro groups is 1. The number of benzene rings is 1. The lowest BCUT2D eigenvalue weighted by molar-refractivity contribution is -0.389. The Balaban J connectivity index is 1.87. The van der Waals surface area contributed by atoms with E-state index in [-0.39, 0.29) is 23.7 Å². The van der Waals surface area contributed by atoms with Crippen molar-refractivity contribution in [3.05, 3.63) is 51.0 Å². The SMILES string of the molecule is COC(=O)c1cc(CNc2nc3sccn3c2[N+](=O)[O-])ccc1OC. The number of hydrogen-bond donors (Lipinski definition) is 1. The van der Waals surface area contributed by atoms with Crippen LogP contribution in [0.3, 0.4) is 0 Å². The van der Waals surface area contributed by atoms with E-state index in [1.165, 1.54) is 30.0 Å². The summed E-state index contributed by atoms with van der Waals surface area (Å²) in [5.74, 6) is -0.0819. The molecule has 2 aromatic heterocycles. The van der Waals surface area contributed by atoms with Crippen molar-refractivity contribution in [2.45, 2.75) is 6.54 Å². The molecule has 1 N–H and O–H groups in total. The van der Waals surface area contributed by atoms with Gasteiger partial charge in [0.1, 0.15) is 17.5 Å². The molecule has 9 nitrogen and oxygen atoms in total. The van der Waals surface area contributed by atoms with Gasteiger partial charge in [0, 0.05) is 11.9 Å². The quantitative estimate of drug-likeness (QED) is 0.408. The fraction of sp³-hybridized carbons (Fsp3) is 0.200. The summed E-state index contributed by atoms with van der Waals surface area (Å²) in [4.78, 5) is 27.4. The average molecular weight is 362 g/mol. The van der Waals surface area contributed by atoms with E-state index in [1.807, 2.05) is 0 Å². The van der Waals surface area contributed by atoms with Gasteiger partial charge in [-0.15, -0.1) is 0 Å². The van der Waals surface area contributed by atoms with Crippen LogP contribution in [0.2, 0.25) is 0 Å². The molecule has 0 saturated heterocycles. The molecule has 0 aliphatic heterocycles. The Morgan fingerprint density at radius 2 is 2.24 bits per heavy atom. The van der Waals surface area contributed by atoms with Gasteiger partial charge in [0.05, 0.1) is 14.2 Å². The number of fused-ring (bicyclic) bond motifs is 1. The third kappa shape index (κ3) is 3.11. The zero-order valence-corrected chi connectivity index (χ0v) is 14.2. The number of nitrogens with one attached hydrogen (secondary N) is 1. The topological polar surface area (TPSA) is 108 Å². The molecule has 10 heteroatoms. The largest absolute Gasteiger partial charge is 0.496 e. The van der Waals surface area contributed by atoms with Gasteiger partial charge in [0.25, 0.3) is 4.96 Å². The van der Waals surface area contributed by atoms with Gasteiger partial charge in [-0.2, -0.15) is 9.38 Å². The van der Waals surface area contributed by atoms with Crippen molar-refractivity contribution < 1.29 is 19.2 Å². The zero-order valence-electron chi connectivity index (χ0n) is 13.4. The van der Waals surface area contributed by atoms with E-state index in [9.17, 15) is 14.9 Å². The summed E-state index contributed by atoms with van der Waals surface area (Å²) < 4.78 is 11.3. The van der Waals surface area contributed by atoms with Crippen molar-refractivity contribution >= 4 is 33.9 Å². The Bertz CT molecular complexity index is 949. The smallest absolute Gasteiger partial charge is 0.372 e. The number of rotatable bonds is 6. The monoisotopic (exact) mass is 362 g/mol. The van der Waals surface area contributed by atoms with Crippen LogP contribution in [-0.2, 0) is 11.3 Å². The van der Waals surface area contributed by atoms with Crippen LogP contribution in [0.25, 0.3) is 4.96 Å². The summed E-state index contributed by atoms with van der Waals surface area (Å²) in [6.45, 7) is 0.250. The first-order chi connectivity index (χ1) is 12.0. The van der Waals surface area contributed by atoms with Gasteiger partial charge in [-0.3, -0.25) is 0 Å². The van der Waals surface area contributed by atoms with E-state index in [2.05, 4.69) is 10.3 Å². The second-order valence-corrected chi connectivity index (χ2v) is 5.85. The molecule has 0 amide bonds. The summed E-state index contributed by atoms with van der Waals surface area (Å²) >= 11 is 1.31. The van der Waals surface area contributed by atoms with Crippen molar-refractivity contribution in [1.29, 1.82) is 0 Å². The van der Waals surface area contributed by atoms with Crippen molar-refractivity contribution in [3.8, 4) is 5.75 Å². The number of hydrogen-bond acceptors (Lipinski definition) is 8. The number of carbonyl (C=O) groups is 1. The Hall–Kier alpha value is -3.14. The minimum atomic E-state index is -0.521. The van der Waals surface area contributed by atoms with E-state index in [0.29, 0.717) is 10.7 Å². The molecule has 2 heterocycles. The Labute approximate surface area is 146 Å². The first kappa shape index (κ1) is 16.7. The molecule has 0 aliphatic carbocycles. The first-order valence-corrected chi connectivity index (χ1v) is 8.02. The van der Waals surface area contributed by atoms with Gasteiger partial charge in [0.2, 0.25) is 5.82 Å². The van der Waals surface area contributed by atoms with Crippen LogP contribution in [0.1, 0.15) is 15.9 Å². The van der Waals surface area contributed by atoms with Crippen LogP contribution in [-0.4, -0.2) is 34.5 Å². The Morgan fingerprint density at radius 1 is 1.44 bits per heavy atom. The van der Waals surface area contributed by atoms with Crippen molar-refractivity contribution in [1.82, 2.24) is 9.38 Å². The molecule has 0 fully saturated rings. The maximum atomic E-state index is 11.8. The van der Waals surface area contributed by atoms with Crippen LogP contribution >= 0.6 is 11.3 Å². The number of imidazole rings is 1. The molecule has 0 spiro atoms. The molecule has 1 aromatic carbocycles. The predicted molar refractivity (Wildman–Crippen MR) is 91.4 cm³/mol. The number of aromatic nitrogens is 2. The lowest BCUT2D eigenvalue weighted by Gasteiger charge is -2.09. The van der Waals surface area contributed by atoms with Crippen molar-refractivity contribution in [2.75, 3.05) is 19.5 Å². The molecule has 0 saturated carbocycles. The molecule has 3 rings (SSSR count). The molecular formula is C15H14N4O5S. The third-order valence-corrected chi connectivity index (χ3v) is 4.30. The molecular weight excluding hydrogens is 348 g/mol. The van der Waals surface area contributed by atoms with Crippen LogP contribution in [0.5, 0.6) is 5.75 Å². The number of thiazole rings is 1. The van der Waals surface area contributed by atoms with E-state index in [4.69, 9.17) is 9.47 Å². The van der Waals surface area contributed by atoms with Gasteiger partial charge in [0.15, 0.2) is 0 Å². The fourth-order valence-corrected chi connectivity index (χ4v) is 3.10. The van der Waals surface area contributed by atoms with Gasteiger partial charge >= 0.3 is 11.8 Å². The predicted octanol–water partition coefficient (Wildman–Crippen LogP) is 2.71. The van der Waals surface area contributed by atoms with Crippen LogP contribution in [0.15, 0.2) is 29.8 Å². The highest BCUT2D eigenvalue weighted by Gasteiger charge is 2.23. The number of esters is 1. The molecule has 3 aromatic rings. The highest BCUT2D eigenvalue weighted by atomic mass is 32.1. The molecule has 0 aliphatic rings. The minimum absolute atomic E-state index is 0.127. The van der Waals surface area contributed by atoms with E-state index in [1.54, 1.807) is 29.8 Å². The molecule has 0 unspecified atom stereocenters. The molecule has 25 heavy (non-hydrogen) atoms. The standard InChI is InChI=1S/C15H14N4O5S/c1-23-11-4-3-9(7-10(11)14(20)24-2)8-16-12-13(19(21)22)18-5-6-25-15(18)17-12/h3-7,16H,8H2,1-2H3. The normalized spacial score (nSPS) is 10.6. The molecule has 0 atom stereocenters. The highest BCUT2D eigenvalue weighted by molar-refractivity contribution is 7.15. The van der Waals surface area contributed by atoms with E-state index >= 15 is 0 Å². The highest BCUT2D eigenvalue weighted by Crippen LogP contribution is 2.29. The number of anilines is 1. The second kappa shape index (κ2) is 6.77. The summed E-state index contributed by atoms with van der Waals surface area (Å²) in [6, 6.07) is 5.01. The summed E-state index contributed by atoms with van der Waals surface area (Å²) in [7, 11) is 2.74. The second-order valence-electron chi connectivity index (χ2n) is 4.98. The Kier molecular flexibility index (Phi) is 4.52. The van der Waals surface area contributed by atoms with Gasteiger partial charge in [-0.25, -0.2) is 4.79 Å². The fourth-order valence-electron chi connectivity index (χ4n) is 2.39. The van der Waals surface area contributed by atoms with Crippen molar-refractivity contribution in [2.24, 2.45) is 0 Å². The molecule has 0 bridgehead atoms. The van der Waals surface area contributed by atoms with Gasteiger partial charge < -0.3 is 24.9 Å². The van der Waals surface area contributed by atoms with Crippen LogP contribution in [0.4, 0.5) is 11.6 Å². The number of methoxy groups -OCH3 is 2. The van der Waals surface area contributed by atoms with Gasteiger partial charge in [-0.1, -0.05) is 17.4 Å². The number of ether oxygens (including phenoxy) is 2. The third-order valence-electron chi connectivity index (χ3n) is 3.54. The van der Waals surface area contributed by atoms with Crippen LogP contribution < -0.4 is 10.1 Å². The van der Waals surface area contributed by atoms with Crippen molar-refractivity contribution in [3.63, 3.8) is 0 Å². The Morgan fingerprint density at radius 3 is 2.92 bits per heavy atom. The molecule has 0 radical (unpaired) electrons.